The average molecular weight is 254 g/mol. The molecule has 82 valence electrons. The largest absolute Gasteiger partial charge is 0.372 e. The molecule has 1 aromatic carbocycles. The van der Waals surface area contributed by atoms with Crippen LogP contribution in [-0.2, 0) is 0 Å². The van der Waals surface area contributed by atoms with Crippen molar-refractivity contribution in [2.75, 3.05) is 12.4 Å². The van der Waals surface area contributed by atoms with Gasteiger partial charge in [0.1, 0.15) is 5.82 Å². The SMILES string of the molecule is CNc1cncc(-c2cc(Cl)cc(Cl)c2)n1. The lowest BCUT2D eigenvalue weighted by Gasteiger charge is -2.04. The van der Waals surface area contributed by atoms with Gasteiger partial charge in [-0.3, -0.25) is 4.98 Å². The molecule has 0 bridgehead atoms. The summed E-state index contributed by atoms with van der Waals surface area (Å²) in [5, 5.41) is 4.09. The molecule has 16 heavy (non-hydrogen) atoms. The van der Waals surface area contributed by atoms with Gasteiger partial charge in [-0.25, -0.2) is 4.98 Å². The maximum absolute atomic E-state index is 5.93. The van der Waals surface area contributed by atoms with E-state index in [-0.39, 0.29) is 0 Å². The summed E-state index contributed by atoms with van der Waals surface area (Å²) in [6, 6.07) is 5.29. The van der Waals surface area contributed by atoms with E-state index in [4.69, 9.17) is 23.2 Å². The highest BCUT2D eigenvalue weighted by Crippen LogP contribution is 2.26. The van der Waals surface area contributed by atoms with Crippen LogP contribution < -0.4 is 5.32 Å². The van der Waals surface area contributed by atoms with Gasteiger partial charge in [-0.05, 0) is 18.2 Å². The van der Waals surface area contributed by atoms with E-state index < -0.39 is 0 Å². The molecule has 0 atom stereocenters. The van der Waals surface area contributed by atoms with Crippen LogP contribution in [0.15, 0.2) is 30.6 Å². The van der Waals surface area contributed by atoms with Crippen LogP contribution in [0.3, 0.4) is 0 Å². The Morgan fingerprint density at radius 3 is 2.38 bits per heavy atom. The highest BCUT2D eigenvalue weighted by atomic mass is 35.5. The highest BCUT2D eigenvalue weighted by Gasteiger charge is 2.04. The first kappa shape index (κ1) is 11.2. The summed E-state index contributed by atoms with van der Waals surface area (Å²) in [5.74, 6) is 0.702. The standard InChI is InChI=1S/C11H9Cl2N3/c1-14-11-6-15-5-10(16-11)7-2-8(12)4-9(13)3-7/h2-6H,1H3,(H,14,16). The molecule has 0 radical (unpaired) electrons. The predicted octanol–water partition coefficient (Wildman–Crippen LogP) is 3.49. The lowest BCUT2D eigenvalue weighted by Crippen LogP contribution is -1.94. The van der Waals surface area contributed by atoms with E-state index >= 15 is 0 Å². The molecular weight excluding hydrogens is 245 g/mol. The molecule has 3 nitrogen and oxygen atoms in total. The van der Waals surface area contributed by atoms with Gasteiger partial charge in [0.15, 0.2) is 0 Å². The third-order valence-electron chi connectivity index (χ3n) is 2.05. The molecule has 0 spiro atoms. The van der Waals surface area contributed by atoms with Gasteiger partial charge in [0.25, 0.3) is 0 Å². The second-order valence-corrected chi connectivity index (χ2v) is 4.07. The van der Waals surface area contributed by atoms with Gasteiger partial charge in [0.2, 0.25) is 0 Å². The van der Waals surface area contributed by atoms with Crippen LogP contribution in [-0.4, -0.2) is 17.0 Å². The summed E-state index contributed by atoms with van der Waals surface area (Å²) in [4.78, 5) is 8.43. The number of aromatic nitrogens is 2. The zero-order chi connectivity index (χ0) is 11.5. The summed E-state index contributed by atoms with van der Waals surface area (Å²) in [6.07, 6.45) is 3.32. The minimum atomic E-state index is 0.583. The molecule has 0 aliphatic rings. The van der Waals surface area contributed by atoms with Gasteiger partial charge in [-0.15, -0.1) is 0 Å². The second-order valence-electron chi connectivity index (χ2n) is 3.20. The molecule has 2 aromatic rings. The van der Waals surface area contributed by atoms with Gasteiger partial charge in [0.05, 0.1) is 18.1 Å². The van der Waals surface area contributed by atoms with Crippen LogP contribution in [0.25, 0.3) is 11.3 Å². The minimum Gasteiger partial charge on any atom is -0.372 e. The van der Waals surface area contributed by atoms with E-state index in [0.29, 0.717) is 15.9 Å². The van der Waals surface area contributed by atoms with Crippen LogP contribution >= 0.6 is 23.2 Å². The van der Waals surface area contributed by atoms with E-state index in [0.717, 1.165) is 11.3 Å². The van der Waals surface area contributed by atoms with Crippen molar-refractivity contribution in [3.8, 4) is 11.3 Å². The molecule has 0 fully saturated rings. The molecule has 5 heteroatoms. The van der Waals surface area contributed by atoms with Crippen LogP contribution in [0.4, 0.5) is 5.82 Å². The Bertz CT molecular complexity index is 494. The van der Waals surface area contributed by atoms with E-state index in [1.54, 1.807) is 37.6 Å². The topological polar surface area (TPSA) is 37.8 Å². The summed E-state index contributed by atoms with van der Waals surface area (Å²) in [7, 11) is 1.79. The zero-order valence-electron chi connectivity index (χ0n) is 8.54. The monoisotopic (exact) mass is 253 g/mol. The van der Waals surface area contributed by atoms with Crippen molar-refractivity contribution < 1.29 is 0 Å². The summed E-state index contributed by atoms with van der Waals surface area (Å²) in [5.41, 5.74) is 1.58. The number of rotatable bonds is 2. The van der Waals surface area contributed by atoms with Crippen molar-refractivity contribution in [1.82, 2.24) is 9.97 Å². The number of hydrogen-bond donors (Lipinski definition) is 1. The van der Waals surface area contributed by atoms with E-state index in [1.165, 1.54) is 0 Å². The number of anilines is 1. The van der Waals surface area contributed by atoms with Crippen molar-refractivity contribution in [2.45, 2.75) is 0 Å². The van der Waals surface area contributed by atoms with Crippen molar-refractivity contribution in [3.63, 3.8) is 0 Å². The van der Waals surface area contributed by atoms with E-state index in [1.807, 2.05) is 0 Å². The first-order chi connectivity index (χ1) is 7.69. The summed E-state index contributed by atoms with van der Waals surface area (Å²) >= 11 is 11.9. The fourth-order valence-corrected chi connectivity index (χ4v) is 1.85. The number of nitrogens with zero attached hydrogens (tertiary/aromatic N) is 2. The highest BCUT2D eigenvalue weighted by molar-refractivity contribution is 6.35. The van der Waals surface area contributed by atoms with Gasteiger partial charge < -0.3 is 5.32 Å². The molecule has 0 saturated heterocycles. The van der Waals surface area contributed by atoms with E-state index in [9.17, 15) is 0 Å². The fourth-order valence-electron chi connectivity index (χ4n) is 1.33. The number of hydrogen-bond acceptors (Lipinski definition) is 3. The third kappa shape index (κ3) is 2.43. The van der Waals surface area contributed by atoms with Crippen LogP contribution in [0.5, 0.6) is 0 Å². The second kappa shape index (κ2) is 4.68. The number of nitrogens with one attached hydrogen (secondary N) is 1. The van der Waals surface area contributed by atoms with Gasteiger partial charge in [-0.2, -0.15) is 0 Å². The Hall–Kier alpha value is -1.32. The smallest absolute Gasteiger partial charge is 0.144 e. The Morgan fingerprint density at radius 2 is 1.75 bits per heavy atom. The fraction of sp³-hybridized carbons (Fsp3) is 0.0909. The molecule has 0 aliphatic carbocycles. The lowest BCUT2D eigenvalue weighted by atomic mass is 10.2. The zero-order valence-corrected chi connectivity index (χ0v) is 10.0. The van der Waals surface area contributed by atoms with Crippen molar-refractivity contribution in [2.24, 2.45) is 0 Å². The minimum absolute atomic E-state index is 0.583. The molecule has 0 saturated carbocycles. The van der Waals surface area contributed by atoms with Gasteiger partial charge >= 0.3 is 0 Å². The molecule has 0 unspecified atom stereocenters. The molecule has 2 rings (SSSR count). The van der Waals surface area contributed by atoms with Crippen LogP contribution in [0.1, 0.15) is 0 Å². The molecular formula is C11H9Cl2N3. The maximum atomic E-state index is 5.93. The van der Waals surface area contributed by atoms with E-state index in [2.05, 4.69) is 15.3 Å². The molecule has 1 N–H and O–H groups in total. The quantitative estimate of drug-likeness (QED) is 0.891. The average Bonchev–Trinajstić information content (AvgIpc) is 2.28. The summed E-state index contributed by atoms with van der Waals surface area (Å²) in [6.45, 7) is 0. The van der Waals surface area contributed by atoms with Gasteiger partial charge in [-0.1, -0.05) is 23.2 Å². The maximum Gasteiger partial charge on any atom is 0.144 e. The Balaban J connectivity index is 2.49. The normalized spacial score (nSPS) is 10.2. The lowest BCUT2D eigenvalue weighted by molar-refractivity contribution is 1.19. The Labute approximate surface area is 103 Å². The number of benzene rings is 1. The van der Waals surface area contributed by atoms with Crippen molar-refractivity contribution in [1.29, 1.82) is 0 Å². The Morgan fingerprint density at radius 1 is 1.06 bits per heavy atom. The Kier molecular flexibility index (Phi) is 3.27. The molecule has 1 heterocycles. The van der Waals surface area contributed by atoms with Crippen LogP contribution in [0, 0.1) is 0 Å². The summed E-state index contributed by atoms with van der Waals surface area (Å²) < 4.78 is 0. The number of halogens is 2. The molecule has 0 aliphatic heterocycles. The third-order valence-corrected chi connectivity index (χ3v) is 2.49. The van der Waals surface area contributed by atoms with Crippen molar-refractivity contribution >= 4 is 29.0 Å². The first-order valence-corrected chi connectivity index (χ1v) is 5.41. The molecule has 0 amide bonds. The van der Waals surface area contributed by atoms with Crippen LogP contribution in [0.2, 0.25) is 10.0 Å². The van der Waals surface area contributed by atoms with Gasteiger partial charge in [0, 0.05) is 22.7 Å². The predicted molar refractivity (Wildman–Crippen MR) is 67.0 cm³/mol. The van der Waals surface area contributed by atoms with Crippen molar-refractivity contribution in [3.05, 3.63) is 40.6 Å². The molecule has 1 aromatic heterocycles. The first-order valence-electron chi connectivity index (χ1n) is 4.65.